The van der Waals surface area contributed by atoms with Crippen molar-refractivity contribution in [1.29, 1.82) is 0 Å². The Balaban J connectivity index is 2.08. The summed E-state index contributed by atoms with van der Waals surface area (Å²) in [6, 6.07) is 3.75. The Kier molecular flexibility index (Phi) is 2.33. The number of fused-ring (bicyclic) bond motifs is 1. The molecule has 0 spiro atoms. The first-order valence-electron chi connectivity index (χ1n) is 5.65. The van der Waals surface area contributed by atoms with E-state index in [4.69, 9.17) is 10.3 Å². The smallest absolute Gasteiger partial charge is 0.240 e. The summed E-state index contributed by atoms with van der Waals surface area (Å²) in [7, 11) is 0. The lowest BCUT2D eigenvalue weighted by Gasteiger charge is -2.04. The predicted octanol–water partition coefficient (Wildman–Crippen LogP) is 1.39. The summed E-state index contributed by atoms with van der Waals surface area (Å²) in [6.45, 7) is 0.207. The number of nitrogens with zero attached hydrogens (tertiary/aromatic N) is 2. The molecule has 5 nitrogen and oxygen atoms in total. The second kappa shape index (κ2) is 3.85. The Hall–Kier alpha value is -1.88. The number of hydrogen-bond donors (Lipinski definition) is 2. The summed E-state index contributed by atoms with van der Waals surface area (Å²) in [4.78, 5) is 4.12. The number of aromatic nitrogens is 2. The number of phenolic OH excluding ortho intramolecular Hbond substituents is 1. The molecule has 0 amide bonds. The van der Waals surface area contributed by atoms with Gasteiger partial charge < -0.3 is 15.4 Å². The van der Waals surface area contributed by atoms with E-state index in [1.807, 2.05) is 6.07 Å². The number of nitrogens with two attached hydrogens (primary N) is 1. The molecule has 0 bridgehead atoms. The van der Waals surface area contributed by atoms with E-state index in [0.717, 1.165) is 19.3 Å². The third-order valence-electron chi connectivity index (χ3n) is 3.09. The Morgan fingerprint density at radius 2 is 2.06 bits per heavy atom. The second-order valence-electron chi connectivity index (χ2n) is 4.21. The Morgan fingerprint density at radius 3 is 2.76 bits per heavy atom. The molecule has 0 aliphatic heterocycles. The van der Waals surface area contributed by atoms with Gasteiger partial charge in [0.2, 0.25) is 11.7 Å². The van der Waals surface area contributed by atoms with Crippen LogP contribution in [-0.4, -0.2) is 15.2 Å². The number of aromatic hydroxyl groups is 1. The largest absolute Gasteiger partial charge is 0.507 e. The molecule has 2 aromatic rings. The van der Waals surface area contributed by atoms with E-state index in [0.29, 0.717) is 17.3 Å². The van der Waals surface area contributed by atoms with Crippen molar-refractivity contribution < 1.29 is 9.63 Å². The molecule has 5 heteroatoms. The van der Waals surface area contributed by atoms with Crippen LogP contribution in [-0.2, 0) is 19.4 Å². The minimum Gasteiger partial charge on any atom is -0.507 e. The molecule has 0 unspecified atom stereocenters. The highest BCUT2D eigenvalue weighted by molar-refractivity contribution is 5.66. The van der Waals surface area contributed by atoms with Crippen LogP contribution in [0.3, 0.4) is 0 Å². The first kappa shape index (κ1) is 10.3. The summed E-state index contributed by atoms with van der Waals surface area (Å²) < 4.78 is 4.95. The van der Waals surface area contributed by atoms with Gasteiger partial charge in [0.15, 0.2) is 0 Å². The quantitative estimate of drug-likeness (QED) is 0.815. The lowest BCUT2D eigenvalue weighted by Crippen LogP contribution is -1.95. The molecule has 1 aromatic heterocycles. The van der Waals surface area contributed by atoms with Gasteiger partial charge in [-0.1, -0.05) is 5.16 Å². The van der Waals surface area contributed by atoms with Gasteiger partial charge in [-0.15, -0.1) is 0 Å². The normalized spacial score (nSPS) is 13.9. The summed E-state index contributed by atoms with van der Waals surface area (Å²) >= 11 is 0. The fraction of sp³-hybridized carbons (Fsp3) is 0.333. The first-order valence-corrected chi connectivity index (χ1v) is 5.65. The molecule has 3 rings (SSSR count). The van der Waals surface area contributed by atoms with Gasteiger partial charge in [0.1, 0.15) is 5.75 Å². The van der Waals surface area contributed by atoms with E-state index < -0.39 is 0 Å². The molecule has 1 aliphatic rings. The minimum absolute atomic E-state index is 0.204. The van der Waals surface area contributed by atoms with E-state index in [-0.39, 0.29) is 12.3 Å². The summed E-state index contributed by atoms with van der Waals surface area (Å²) in [5.41, 5.74) is 8.51. The fourth-order valence-corrected chi connectivity index (χ4v) is 2.24. The van der Waals surface area contributed by atoms with E-state index in [9.17, 15) is 5.11 Å². The van der Waals surface area contributed by atoms with Gasteiger partial charge in [-0.25, -0.2) is 0 Å². The fourth-order valence-electron chi connectivity index (χ4n) is 2.24. The summed E-state index contributed by atoms with van der Waals surface area (Å²) in [5.74, 6) is 0.979. The van der Waals surface area contributed by atoms with Crippen LogP contribution >= 0.6 is 0 Å². The van der Waals surface area contributed by atoms with Gasteiger partial charge in [-0.2, -0.15) is 4.98 Å². The molecule has 1 aliphatic carbocycles. The predicted molar refractivity (Wildman–Crippen MR) is 61.3 cm³/mol. The maximum Gasteiger partial charge on any atom is 0.240 e. The molecule has 0 saturated heterocycles. The van der Waals surface area contributed by atoms with Crippen molar-refractivity contribution in [2.24, 2.45) is 5.73 Å². The van der Waals surface area contributed by atoms with Crippen molar-refractivity contribution >= 4 is 0 Å². The van der Waals surface area contributed by atoms with E-state index >= 15 is 0 Å². The van der Waals surface area contributed by atoms with Gasteiger partial charge in [0.05, 0.1) is 12.1 Å². The second-order valence-corrected chi connectivity index (χ2v) is 4.21. The molecule has 1 aromatic carbocycles. The number of rotatable bonds is 2. The van der Waals surface area contributed by atoms with Crippen molar-refractivity contribution in [2.45, 2.75) is 25.8 Å². The molecule has 17 heavy (non-hydrogen) atoms. The molecule has 1 heterocycles. The topological polar surface area (TPSA) is 85.2 Å². The molecule has 0 fully saturated rings. The molecule has 88 valence electrons. The number of aryl methyl sites for hydroxylation is 2. The summed E-state index contributed by atoms with van der Waals surface area (Å²) in [5, 5.41) is 13.8. The third kappa shape index (κ3) is 1.68. The molecule has 3 N–H and O–H groups in total. The highest BCUT2D eigenvalue weighted by atomic mass is 16.5. The van der Waals surface area contributed by atoms with E-state index in [2.05, 4.69) is 10.1 Å². The number of phenols is 1. The van der Waals surface area contributed by atoms with Crippen molar-refractivity contribution in [3.63, 3.8) is 0 Å². The Bertz CT molecular complexity index is 563. The van der Waals surface area contributed by atoms with Crippen LogP contribution in [0.2, 0.25) is 0 Å². The van der Waals surface area contributed by atoms with Crippen molar-refractivity contribution in [1.82, 2.24) is 10.1 Å². The van der Waals surface area contributed by atoms with Crippen LogP contribution in [0.5, 0.6) is 5.75 Å². The molecular weight excluding hydrogens is 218 g/mol. The van der Waals surface area contributed by atoms with Crippen LogP contribution < -0.4 is 5.73 Å². The number of benzene rings is 1. The van der Waals surface area contributed by atoms with Crippen molar-refractivity contribution in [3.8, 4) is 17.1 Å². The first-order chi connectivity index (χ1) is 8.28. The lowest BCUT2D eigenvalue weighted by atomic mass is 10.0. The Labute approximate surface area is 98.3 Å². The minimum atomic E-state index is 0.204. The average molecular weight is 231 g/mol. The number of hydrogen-bond acceptors (Lipinski definition) is 5. The zero-order chi connectivity index (χ0) is 11.8. The van der Waals surface area contributed by atoms with Crippen LogP contribution in [0.15, 0.2) is 16.7 Å². The molecule has 0 saturated carbocycles. The van der Waals surface area contributed by atoms with Gasteiger partial charge in [0.25, 0.3) is 0 Å². The van der Waals surface area contributed by atoms with Crippen molar-refractivity contribution in [3.05, 3.63) is 29.2 Å². The maximum atomic E-state index is 9.96. The molecule has 0 atom stereocenters. The zero-order valence-corrected chi connectivity index (χ0v) is 9.31. The van der Waals surface area contributed by atoms with Gasteiger partial charge >= 0.3 is 0 Å². The third-order valence-corrected chi connectivity index (χ3v) is 3.09. The van der Waals surface area contributed by atoms with Crippen LogP contribution in [0.25, 0.3) is 11.4 Å². The van der Waals surface area contributed by atoms with Crippen LogP contribution in [0.4, 0.5) is 0 Å². The van der Waals surface area contributed by atoms with Gasteiger partial charge in [-0.3, -0.25) is 0 Å². The SMILES string of the molecule is NCc1nc(-c2cc3c(cc2O)CCC3)no1. The highest BCUT2D eigenvalue weighted by Gasteiger charge is 2.18. The van der Waals surface area contributed by atoms with Gasteiger partial charge in [-0.05, 0) is 42.5 Å². The van der Waals surface area contributed by atoms with E-state index in [1.165, 1.54) is 11.1 Å². The standard InChI is InChI=1S/C12H13N3O2/c13-6-11-14-12(15-17-11)9-4-7-2-1-3-8(7)5-10(9)16/h4-5,16H,1-3,6,13H2. The molecule has 0 radical (unpaired) electrons. The Morgan fingerprint density at radius 1 is 1.29 bits per heavy atom. The van der Waals surface area contributed by atoms with Crippen LogP contribution in [0, 0.1) is 0 Å². The van der Waals surface area contributed by atoms with E-state index in [1.54, 1.807) is 6.07 Å². The molecular formula is C12H13N3O2. The zero-order valence-electron chi connectivity index (χ0n) is 9.31. The highest BCUT2D eigenvalue weighted by Crippen LogP contribution is 2.34. The van der Waals surface area contributed by atoms with Crippen LogP contribution in [0.1, 0.15) is 23.4 Å². The maximum absolute atomic E-state index is 9.96. The lowest BCUT2D eigenvalue weighted by molar-refractivity contribution is 0.380. The monoisotopic (exact) mass is 231 g/mol. The summed E-state index contributed by atoms with van der Waals surface area (Å²) in [6.07, 6.45) is 3.21. The average Bonchev–Trinajstić information content (AvgIpc) is 2.94. The van der Waals surface area contributed by atoms with Crippen molar-refractivity contribution in [2.75, 3.05) is 0 Å². The van der Waals surface area contributed by atoms with Gasteiger partial charge in [0, 0.05) is 0 Å².